The summed E-state index contributed by atoms with van der Waals surface area (Å²) < 4.78 is 6.58. The van der Waals surface area contributed by atoms with Crippen LogP contribution in [0.3, 0.4) is 0 Å². The van der Waals surface area contributed by atoms with E-state index in [0.29, 0.717) is 23.1 Å². The predicted octanol–water partition coefficient (Wildman–Crippen LogP) is 0.0619. The number of piperidine rings is 1. The minimum Gasteiger partial charge on any atom is -0.504 e. The molecule has 7 nitrogen and oxygen atoms in total. The molecule has 1 spiro atoms. The first-order valence-corrected chi connectivity index (χ1v) is 10.2. The zero-order valence-electron chi connectivity index (χ0n) is 16.8. The van der Waals surface area contributed by atoms with E-state index in [2.05, 4.69) is 7.05 Å². The third kappa shape index (κ3) is 2.04. The Balaban J connectivity index is 0.00000181. The lowest BCUT2D eigenvalue weighted by Gasteiger charge is -2.64. The Morgan fingerprint density at radius 3 is 2.72 bits per heavy atom. The Labute approximate surface area is 170 Å². The van der Waals surface area contributed by atoms with Crippen molar-refractivity contribution in [2.75, 3.05) is 20.1 Å². The number of ether oxygens (including phenoxy) is 1. The van der Waals surface area contributed by atoms with E-state index in [1.54, 1.807) is 6.07 Å². The smallest absolute Gasteiger partial charge is 0.202 e. The lowest BCUT2D eigenvalue weighted by atomic mass is 9.48. The third-order valence-electron chi connectivity index (χ3n) is 8.49. The van der Waals surface area contributed by atoms with Crippen LogP contribution in [0.15, 0.2) is 12.1 Å². The molecule has 1 aromatic rings. The van der Waals surface area contributed by atoms with Gasteiger partial charge >= 0.3 is 0 Å². The average Bonchev–Trinajstić information content (AvgIpc) is 3.18. The van der Waals surface area contributed by atoms with E-state index >= 15 is 0 Å². The molecule has 6 rings (SSSR count). The number of carbonyl (C=O) groups excluding carboxylic acids is 1. The summed E-state index contributed by atoms with van der Waals surface area (Å²) in [6.45, 7) is 1.54. The van der Waals surface area contributed by atoms with Gasteiger partial charge in [0, 0.05) is 30.7 Å². The average molecular weight is 403 g/mol. The molecule has 2 heterocycles. The zero-order chi connectivity index (χ0) is 19.6. The van der Waals surface area contributed by atoms with Gasteiger partial charge in [0.2, 0.25) is 5.78 Å². The molecule has 2 bridgehead atoms. The molecule has 29 heavy (non-hydrogen) atoms. The monoisotopic (exact) mass is 403 g/mol. The maximum Gasteiger partial charge on any atom is 0.202 e. The molecule has 0 radical (unpaired) electrons. The second-order valence-electron chi connectivity index (χ2n) is 9.88. The molecule has 3 unspecified atom stereocenters. The van der Waals surface area contributed by atoms with Gasteiger partial charge in [-0.25, -0.2) is 0 Å². The maximum atomic E-state index is 12.9. The number of hydrogen-bond donors (Lipinski definition) is 4. The number of rotatable bonds is 2. The summed E-state index contributed by atoms with van der Waals surface area (Å²) in [5, 5.41) is 43.0. The van der Waals surface area contributed by atoms with Crippen LogP contribution in [0.25, 0.3) is 0 Å². The number of phenolic OH excluding ortho intramolecular Hbond substituents is 1. The Hall–Kier alpha value is -1.67. The molecule has 7 heteroatoms. The van der Waals surface area contributed by atoms with Gasteiger partial charge in [-0.3, -0.25) is 4.79 Å². The van der Waals surface area contributed by atoms with E-state index < -0.39 is 29.0 Å². The van der Waals surface area contributed by atoms with E-state index in [1.165, 1.54) is 0 Å². The number of Topliss-reactive ketones (excluding diaryl/α,β-unsaturated/α-hetero) is 1. The number of aromatic hydroxyl groups is 1. The fraction of sp³-hybridized carbons (Fsp3) is 0.636. The standard InChI is InChI=1S/C21H25NO6.CH3/c1-22(9-11-6-13(11)24)5-4-20-16-10-2-3-12(23)18(16)28-19(20)17(26)14(25)8-21(20,27)15(22)7-10;/h2-3,11,13-15,19,24-25,27H,4-9H2,1H3;1H3/q;-1/p+1/t11?,13?,14?,15-,19+,20+,21-,22-;/m1./s1. The molecular weight excluding hydrogens is 374 g/mol. The molecule has 2 saturated carbocycles. The second kappa shape index (κ2) is 5.52. The molecule has 0 amide bonds. The highest BCUT2D eigenvalue weighted by atomic mass is 16.5. The topological polar surface area (TPSA) is 107 Å². The fourth-order valence-corrected chi connectivity index (χ4v) is 7.03. The van der Waals surface area contributed by atoms with Gasteiger partial charge < -0.3 is 37.1 Å². The number of hydrogen-bond acceptors (Lipinski definition) is 6. The summed E-state index contributed by atoms with van der Waals surface area (Å²) in [5.74, 6) is 0.121. The highest BCUT2D eigenvalue weighted by Crippen LogP contribution is 2.65. The number of ketones is 1. The van der Waals surface area contributed by atoms with Gasteiger partial charge in [-0.05, 0) is 18.1 Å². The van der Waals surface area contributed by atoms with Crippen LogP contribution in [0.1, 0.15) is 30.4 Å². The number of aliphatic hydroxyl groups excluding tert-OH is 2. The molecule has 3 fully saturated rings. The van der Waals surface area contributed by atoms with Crippen LogP contribution in [0.2, 0.25) is 0 Å². The van der Waals surface area contributed by atoms with Gasteiger partial charge in [-0.2, -0.15) is 0 Å². The summed E-state index contributed by atoms with van der Waals surface area (Å²) in [5.41, 5.74) is -0.442. The normalized spacial score (nSPS) is 48.4. The van der Waals surface area contributed by atoms with Crippen molar-refractivity contribution >= 4 is 5.78 Å². The summed E-state index contributed by atoms with van der Waals surface area (Å²) >= 11 is 0. The molecule has 3 aliphatic carbocycles. The molecule has 1 saturated heterocycles. The molecule has 4 N–H and O–H groups in total. The van der Waals surface area contributed by atoms with Crippen LogP contribution in [-0.2, 0) is 16.6 Å². The van der Waals surface area contributed by atoms with Gasteiger partial charge in [0.15, 0.2) is 17.6 Å². The number of likely N-dealkylation sites (N-methyl/N-ethyl adjacent to an activating group) is 1. The van der Waals surface area contributed by atoms with Crippen LogP contribution in [0.4, 0.5) is 0 Å². The van der Waals surface area contributed by atoms with Gasteiger partial charge in [0.1, 0.15) is 17.7 Å². The van der Waals surface area contributed by atoms with Crippen molar-refractivity contribution in [1.82, 2.24) is 0 Å². The lowest BCUT2D eigenvalue weighted by molar-refractivity contribution is -0.950. The van der Waals surface area contributed by atoms with Crippen molar-refractivity contribution in [3.63, 3.8) is 0 Å². The first kappa shape index (κ1) is 19.3. The Kier molecular flexibility index (Phi) is 3.67. The Morgan fingerprint density at radius 1 is 1.31 bits per heavy atom. The van der Waals surface area contributed by atoms with Gasteiger partial charge in [0.25, 0.3) is 0 Å². The van der Waals surface area contributed by atoms with Crippen LogP contribution in [0, 0.1) is 13.3 Å². The lowest BCUT2D eigenvalue weighted by Crippen LogP contribution is -2.82. The van der Waals surface area contributed by atoms with Crippen molar-refractivity contribution < 1.29 is 34.4 Å². The van der Waals surface area contributed by atoms with Crippen LogP contribution >= 0.6 is 0 Å². The minimum atomic E-state index is -1.30. The van der Waals surface area contributed by atoms with E-state index in [0.717, 1.165) is 30.6 Å². The molecule has 1 aromatic carbocycles. The van der Waals surface area contributed by atoms with E-state index in [-0.39, 0.29) is 37.7 Å². The largest absolute Gasteiger partial charge is 0.504 e. The van der Waals surface area contributed by atoms with Crippen LogP contribution < -0.4 is 4.74 Å². The molecule has 158 valence electrons. The Morgan fingerprint density at radius 2 is 2.03 bits per heavy atom. The zero-order valence-corrected chi connectivity index (χ0v) is 16.8. The SMILES string of the molecule is C[N@+]1(CC2CC2O)CC[C@]23c4c5ccc(O)c4O[C@H]2C(=O)C(O)C[C@@]3(O)[C@H]1C5.[CH3-]. The highest BCUT2D eigenvalue weighted by Gasteiger charge is 2.78. The van der Waals surface area contributed by atoms with E-state index in [4.69, 9.17) is 4.74 Å². The van der Waals surface area contributed by atoms with Gasteiger partial charge in [-0.15, -0.1) is 0 Å². The second-order valence-corrected chi connectivity index (χ2v) is 9.88. The molecule has 0 aromatic heterocycles. The number of carbonyl (C=O) groups is 1. The number of aliphatic hydroxyl groups is 3. The van der Waals surface area contributed by atoms with Crippen molar-refractivity contribution in [2.45, 2.75) is 61.1 Å². The van der Waals surface area contributed by atoms with Crippen molar-refractivity contribution in [2.24, 2.45) is 5.92 Å². The number of benzene rings is 1. The van der Waals surface area contributed by atoms with Crippen LogP contribution in [0.5, 0.6) is 11.5 Å². The Bertz CT molecular complexity index is 919. The maximum absolute atomic E-state index is 12.9. The summed E-state index contributed by atoms with van der Waals surface area (Å²) in [6, 6.07) is 3.27. The third-order valence-corrected chi connectivity index (χ3v) is 8.49. The first-order chi connectivity index (χ1) is 13.2. The predicted molar refractivity (Wildman–Crippen MR) is 103 cm³/mol. The summed E-state index contributed by atoms with van der Waals surface area (Å²) in [6.07, 6.45) is -0.574. The molecular formula is C22H29NO6. The van der Waals surface area contributed by atoms with Gasteiger partial charge in [-0.1, -0.05) is 6.07 Å². The van der Waals surface area contributed by atoms with E-state index in [1.807, 2.05) is 6.07 Å². The van der Waals surface area contributed by atoms with Gasteiger partial charge in [0.05, 0.1) is 31.7 Å². The van der Waals surface area contributed by atoms with Crippen molar-refractivity contribution in [3.8, 4) is 11.5 Å². The quantitative estimate of drug-likeness (QED) is 0.411. The summed E-state index contributed by atoms with van der Waals surface area (Å²) in [4.78, 5) is 12.9. The summed E-state index contributed by atoms with van der Waals surface area (Å²) in [7, 11) is 2.13. The van der Waals surface area contributed by atoms with Crippen molar-refractivity contribution in [3.05, 3.63) is 30.7 Å². The molecule has 2 aliphatic heterocycles. The highest BCUT2D eigenvalue weighted by molar-refractivity contribution is 5.93. The molecule has 5 aliphatic rings. The molecule has 8 atom stereocenters. The number of nitrogens with zero attached hydrogens (tertiary/aromatic N) is 1. The number of quaternary nitrogens is 1. The number of likely N-dealkylation sites (tertiary alicyclic amines) is 1. The van der Waals surface area contributed by atoms with Crippen molar-refractivity contribution in [1.29, 1.82) is 0 Å². The fourth-order valence-electron chi connectivity index (χ4n) is 7.03. The van der Waals surface area contributed by atoms with Crippen LogP contribution in [-0.4, -0.2) is 80.8 Å². The number of phenols is 1. The van der Waals surface area contributed by atoms with E-state index in [9.17, 15) is 25.2 Å². The first-order valence-electron chi connectivity index (χ1n) is 10.2. The minimum absolute atomic E-state index is 0.